The smallest absolute Gasteiger partial charge is 0.337 e. The second kappa shape index (κ2) is 8.61. The molecule has 0 bridgehead atoms. The Morgan fingerprint density at radius 2 is 1.88 bits per heavy atom. The van der Waals surface area contributed by atoms with E-state index in [-0.39, 0.29) is 36.8 Å². The van der Waals surface area contributed by atoms with Crippen molar-refractivity contribution in [1.29, 1.82) is 0 Å². The van der Waals surface area contributed by atoms with Gasteiger partial charge in [0.25, 0.3) is 5.91 Å². The number of anilines is 1. The Bertz CT molecular complexity index is 1380. The molecule has 1 aliphatic rings. The molecule has 32 heavy (non-hydrogen) atoms. The summed E-state index contributed by atoms with van der Waals surface area (Å²) in [6.07, 6.45) is 5.81. The van der Waals surface area contributed by atoms with Gasteiger partial charge in [0.2, 0.25) is 11.8 Å². The fourth-order valence-electron chi connectivity index (χ4n) is 3.44. The molecular formula is C23H17N3O5S. The number of esters is 1. The SMILES string of the molecule is C#CCn1c(=NC(=O)c2cccc(N3C(=O)CCC3=O)c2)sc2cc(C(=O)OC)ccc21. The molecule has 0 spiro atoms. The molecule has 0 aliphatic carbocycles. The maximum absolute atomic E-state index is 12.9. The summed E-state index contributed by atoms with van der Waals surface area (Å²) in [6, 6.07) is 11.2. The monoisotopic (exact) mass is 447 g/mol. The number of aromatic nitrogens is 1. The third-order valence-electron chi connectivity index (χ3n) is 4.95. The van der Waals surface area contributed by atoms with Crippen molar-refractivity contribution in [2.24, 2.45) is 4.99 Å². The van der Waals surface area contributed by atoms with E-state index < -0.39 is 11.9 Å². The Morgan fingerprint density at radius 3 is 2.56 bits per heavy atom. The second-order valence-electron chi connectivity index (χ2n) is 6.94. The molecule has 160 valence electrons. The zero-order valence-corrected chi connectivity index (χ0v) is 17.8. The van der Waals surface area contributed by atoms with Crippen LogP contribution >= 0.6 is 11.3 Å². The lowest BCUT2D eigenvalue weighted by Gasteiger charge is -2.14. The predicted octanol–water partition coefficient (Wildman–Crippen LogP) is 2.52. The van der Waals surface area contributed by atoms with Gasteiger partial charge in [-0.2, -0.15) is 4.99 Å². The van der Waals surface area contributed by atoms with E-state index in [2.05, 4.69) is 10.9 Å². The van der Waals surface area contributed by atoms with E-state index in [0.717, 1.165) is 15.1 Å². The van der Waals surface area contributed by atoms with Crippen molar-refractivity contribution in [1.82, 2.24) is 4.57 Å². The molecule has 2 aromatic carbocycles. The van der Waals surface area contributed by atoms with Gasteiger partial charge in [0.15, 0.2) is 4.80 Å². The van der Waals surface area contributed by atoms with Crippen LogP contribution in [-0.4, -0.2) is 35.4 Å². The molecule has 1 saturated heterocycles. The fourth-order valence-corrected chi connectivity index (χ4v) is 4.51. The molecule has 0 saturated carbocycles. The first kappa shape index (κ1) is 21.2. The molecule has 4 rings (SSSR count). The van der Waals surface area contributed by atoms with Gasteiger partial charge >= 0.3 is 5.97 Å². The lowest BCUT2D eigenvalue weighted by Crippen LogP contribution is -2.28. The number of carbonyl (C=O) groups is 4. The predicted molar refractivity (Wildman–Crippen MR) is 118 cm³/mol. The van der Waals surface area contributed by atoms with Gasteiger partial charge in [-0.05, 0) is 36.4 Å². The summed E-state index contributed by atoms with van der Waals surface area (Å²) < 4.78 is 7.18. The van der Waals surface area contributed by atoms with Crippen molar-refractivity contribution in [2.45, 2.75) is 19.4 Å². The minimum absolute atomic E-state index is 0.156. The van der Waals surface area contributed by atoms with Crippen molar-refractivity contribution in [3.8, 4) is 12.3 Å². The number of amides is 3. The van der Waals surface area contributed by atoms with Crippen LogP contribution in [0.25, 0.3) is 10.2 Å². The topological polar surface area (TPSA) is 98.0 Å². The molecule has 0 N–H and O–H groups in total. The average Bonchev–Trinajstić information content (AvgIpc) is 3.31. The van der Waals surface area contributed by atoms with Crippen LogP contribution in [0.5, 0.6) is 0 Å². The number of hydrogen-bond donors (Lipinski definition) is 0. The van der Waals surface area contributed by atoms with Gasteiger partial charge in [-0.15, -0.1) is 6.42 Å². The molecule has 8 nitrogen and oxygen atoms in total. The van der Waals surface area contributed by atoms with Gasteiger partial charge in [-0.3, -0.25) is 19.3 Å². The molecular weight excluding hydrogens is 430 g/mol. The van der Waals surface area contributed by atoms with Gasteiger partial charge < -0.3 is 9.30 Å². The average molecular weight is 447 g/mol. The van der Waals surface area contributed by atoms with Gasteiger partial charge in [0.1, 0.15) is 0 Å². The summed E-state index contributed by atoms with van der Waals surface area (Å²) in [5.74, 6) is 0.935. The van der Waals surface area contributed by atoms with Gasteiger partial charge in [0, 0.05) is 18.4 Å². The highest BCUT2D eigenvalue weighted by atomic mass is 32.1. The number of ether oxygens (including phenoxy) is 1. The highest BCUT2D eigenvalue weighted by molar-refractivity contribution is 7.16. The maximum atomic E-state index is 12.9. The van der Waals surface area contributed by atoms with Crippen LogP contribution in [0.3, 0.4) is 0 Å². The lowest BCUT2D eigenvalue weighted by molar-refractivity contribution is -0.121. The molecule has 9 heteroatoms. The van der Waals surface area contributed by atoms with Crippen LogP contribution < -0.4 is 9.70 Å². The third kappa shape index (κ3) is 3.84. The van der Waals surface area contributed by atoms with E-state index >= 15 is 0 Å². The highest BCUT2D eigenvalue weighted by Gasteiger charge is 2.30. The summed E-state index contributed by atoms with van der Waals surface area (Å²) in [6.45, 7) is 0.181. The molecule has 3 amide bonds. The minimum atomic E-state index is -0.545. The van der Waals surface area contributed by atoms with Gasteiger partial charge in [-0.25, -0.2) is 4.79 Å². The Morgan fingerprint density at radius 1 is 1.12 bits per heavy atom. The Kier molecular flexibility index (Phi) is 5.71. The van der Waals surface area contributed by atoms with Crippen LogP contribution in [0.2, 0.25) is 0 Å². The molecule has 1 aromatic heterocycles. The second-order valence-corrected chi connectivity index (χ2v) is 7.95. The first-order valence-corrected chi connectivity index (χ1v) is 10.4. The van der Waals surface area contributed by atoms with Crippen molar-refractivity contribution < 1.29 is 23.9 Å². The lowest BCUT2D eigenvalue weighted by atomic mass is 10.2. The quantitative estimate of drug-likeness (QED) is 0.348. The number of methoxy groups -OCH3 is 1. The van der Waals surface area contributed by atoms with Crippen LogP contribution in [0.15, 0.2) is 47.5 Å². The van der Waals surface area contributed by atoms with Crippen LogP contribution in [0.4, 0.5) is 5.69 Å². The Balaban J connectivity index is 1.76. The van der Waals surface area contributed by atoms with Crippen molar-refractivity contribution in [3.63, 3.8) is 0 Å². The van der Waals surface area contributed by atoms with E-state index in [1.54, 1.807) is 41.0 Å². The van der Waals surface area contributed by atoms with E-state index in [4.69, 9.17) is 11.2 Å². The van der Waals surface area contributed by atoms with E-state index in [9.17, 15) is 19.2 Å². The molecule has 0 unspecified atom stereocenters. The fraction of sp³-hybridized carbons (Fsp3) is 0.174. The van der Waals surface area contributed by atoms with Gasteiger partial charge in [0.05, 0.1) is 35.1 Å². The number of nitrogens with zero attached hydrogens (tertiary/aromatic N) is 3. The summed E-state index contributed by atoms with van der Waals surface area (Å²) in [4.78, 5) is 54.5. The first-order chi connectivity index (χ1) is 15.4. The number of terminal acetylenes is 1. The van der Waals surface area contributed by atoms with Crippen molar-refractivity contribution in [2.75, 3.05) is 12.0 Å². The van der Waals surface area contributed by atoms with Crippen LogP contribution in [0.1, 0.15) is 33.6 Å². The van der Waals surface area contributed by atoms with Crippen LogP contribution in [0, 0.1) is 12.3 Å². The van der Waals surface area contributed by atoms with Gasteiger partial charge in [-0.1, -0.05) is 23.3 Å². The largest absolute Gasteiger partial charge is 0.465 e. The number of hydrogen-bond acceptors (Lipinski definition) is 6. The molecule has 2 heterocycles. The van der Waals surface area contributed by atoms with E-state index in [0.29, 0.717) is 16.1 Å². The first-order valence-electron chi connectivity index (χ1n) is 9.63. The number of benzene rings is 2. The molecule has 3 aromatic rings. The zero-order valence-electron chi connectivity index (χ0n) is 17.0. The van der Waals surface area contributed by atoms with Crippen molar-refractivity contribution in [3.05, 3.63) is 58.4 Å². The molecule has 1 fully saturated rings. The summed E-state index contributed by atoms with van der Waals surface area (Å²) >= 11 is 1.21. The minimum Gasteiger partial charge on any atom is -0.465 e. The summed E-state index contributed by atoms with van der Waals surface area (Å²) in [5.41, 5.74) is 1.68. The number of rotatable bonds is 4. The number of carbonyl (C=O) groups excluding carboxylic acids is 4. The summed E-state index contributed by atoms with van der Waals surface area (Å²) in [5, 5.41) is 0. The number of fused-ring (bicyclic) bond motifs is 1. The number of imide groups is 1. The highest BCUT2D eigenvalue weighted by Crippen LogP contribution is 2.24. The normalized spacial score (nSPS) is 14.1. The summed E-state index contributed by atoms with van der Waals surface area (Å²) in [7, 11) is 1.30. The van der Waals surface area contributed by atoms with E-state index in [1.165, 1.54) is 24.5 Å². The van der Waals surface area contributed by atoms with Crippen molar-refractivity contribution >= 4 is 50.9 Å². The van der Waals surface area contributed by atoms with E-state index in [1.807, 2.05) is 0 Å². The molecule has 0 radical (unpaired) electrons. The number of thiazole rings is 1. The standard InChI is InChI=1S/C23H17N3O5S/c1-3-11-25-17-8-7-15(22(30)31-2)13-18(17)32-23(25)24-21(29)14-5-4-6-16(12-14)26-19(27)9-10-20(26)28/h1,4-8,12-13H,9-11H2,2H3. The maximum Gasteiger partial charge on any atom is 0.337 e. The Hall–Kier alpha value is -4.03. The molecule has 0 atom stereocenters. The van der Waals surface area contributed by atoms with Crippen LogP contribution in [-0.2, 0) is 20.9 Å². The molecule has 1 aliphatic heterocycles. The third-order valence-corrected chi connectivity index (χ3v) is 5.99. The Labute approximate surface area is 186 Å². The zero-order chi connectivity index (χ0) is 22.8.